The average Bonchev–Trinajstić information content (AvgIpc) is 2.42. The molecule has 21 heavy (non-hydrogen) atoms. The Kier molecular flexibility index (Phi) is 8.52. The van der Waals surface area contributed by atoms with Crippen LogP contribution in [-0.2, 0) is 19.1 Å². The molecule has 0 aromatic rings. The molecule has 3 unspecified atom stereocenters. The standard InChI is InChI=1S/C14H22O7/c1-8(2)13(18)20-11(5-6-15)12(10(17)7-16)21-14(19)9(3)4/h10-12,15-17H,1,3,5-7H2,2,4H3. The van der Waals surface area contributed by atoms with E-state index in [1.807, 2.05) is 0 Å². The lowest BCUT2D eigenvalue weighted by Crippen LogP contribution is -2.45. The van der Waals surface area contributed by atoms with E-state index in [4.69, 9.17) is 19.7 Å². The fourth-order valence-electron chi connectivity index (χ4n) is 1.39. The average molecular weight is 302 g/mol. The summed E-state index contributed by atoms with van der Waals surface area (Å²) in [6.07, 6.45) is -3.99. The molecule has 0 aliphatic heterocycles. The van der Waals surface area contributed by atoms with Gasteiger partial charge < -0.3 is 24.8 Å². The molecule has 0 aliphatic carbocycles. The van der Waals surface area contributed by atoms with Crippen molar-refractivity contribution in [2.24, 2.45) is 0 Å². The minimum Gasteiger partial charge on any atom is -0.455 e. The van der Waals surface area contributed by atoms with Gasteiger partial charge in [-0.3, -0.25) is 0 Å². The highest BCUT2D eigenvalue weighted by Crippen LogP contribution is 2.16. The summed E-state index contributed by atoms with van der Waals surface area (Å²) in [6.45, 7) is 8.57. The van der Waals surface area contributed by atoms with Crippen LogP contribution in [-0.4, -0.2) is 58.8 Å². The van der Waals surface area contributed by atoms with Crippen molar-refractivity contribution in [3.05, 3.63) is 24.3 Å². The third-order valence-electron chi connectivity index (χ3n) is 2.54. The van der Waals surface area contributed by atoms with Crippen LogP contribution >= 0.6 is 0 Å². The van der Waals surface area contributed by atoms with Gasteiger partial charge in [0.1, 0.15) is 12.2 Å². The van der Waals surface area contributed by atoms with Crippen molar-refractivity contribution in [3.8, 4) is 0 Å². The van der Waals surface area contributed by atoms with Crippen LogP contribution in [0.1, 0.15) is 20.3 Å². The maximum absolute atomic E-state index is 11.6. The summed E-state index contributed by atoms with van der Waals surface area (Å²) in [7, 11) is 0. The smallest absolute Gasteiger partial charge is 0.333 e. The van der Waals surface area contributed by atoms with Gasteiger partial charge in [0.2, 0.25) is 0 Å². The zero-order valence-corrected chi connectivity index (χ0v) is 12.2. The molecule has 0 radical (unpaired) electrons. The van der Waals surface area contributed by atoms with Crippen molar-refractivity contribution in [1.29, 1.82) is 0 Å². The van der Waals surface area contributed by atoms with E-state index in [-0.39, 0.29) is 24.2 Å². The molecule has 0 amide bonds. The topological polar surface area (TPSA) is 113 Å². The second-order valence-corrected chi connectivity index (χ2v) is 4.64. The third-order valence-corrected chi connectivity index (χ3v) is 2.54. The van der Waals surface area contributed by atoms with Crippen LogP contribution in [0.5, 0.6) is 0 Å². The van der Waals surface area contributed by atoms with Gasteiger partial charge in [0.25, 0.3) is 0 Å². The molecule has 0 saturated carbocycles. The van der Waals surface area contributed by atoms with Crippen molar-refractivity contribution in [3.63, 3.8) is 0 Å². The number of aliphatic hydroxyl groups is 3. The summed E-state index contributed by atoms with van der Waals surface area (Å²) < 4.78 is 10.0. The molecule has 0 heterocycles. The van der Waals surface area contributed by atoms with E-state index in [0.29, 0.717) is 0 Å². The Morgan fingerprint density at radius 1 is 1.05 bits per heavy atom. The van der Waals surface area contributed by atoms with Crippen LogP contribution in [0.4, 0.5) is 0 Å². The van der Waals surface area contributed by atoms with E-state index < -0.39 is 36.9 Å². The van der Waals surface area contributed by atoms with E-state index in [1.165, 1.54) is 13.8 Å². The molecule has 3 atom stereocenters. The summed E-state index contributed by atoms with van der Waals surface area (Å²) in [5.41, 5.74) is 0.195. The van der Waals surface area contributed by atoms with Gasteiger partial charge >= 0.3 is 11.9 Å². The summed E-state index contributed by atoms with van der Waals surface area (Å²) >= 11 is 0. The molecule has 0 aliphatic rings. The number of ether oxygens (including phenoxy) is 2. The minimum absolute atomic E-state index is 0.0791. The molecule has 120 valence electrons. The van der Waals surface area contributed by atoms with E-state index in [2.05, 4.69) is 13.2 Å². The summed E-state index contributed by atoms with van der Waals surface area (Å²) in [6, 6.07) is 0. The Morgan fingerprint density at radius 3 is 1.90 bits per heavy atom. The highest BCUT2D eigenvalue weighted by atomic mass is 16.6. The first-order chi connectivity index (χ1) is 9.74. The monoisotopic (exact) mass is 302 g/mol. The Bertz CT molecular complexity index is 402. The molecular formula is C14H22O7. The predicted octanol–water partition coefficient (Wildman–Crippen LogP) is -0.302. The number of hydrogen-bond donors (Lipinski definition) is 3. The molecule has 0 aromatic heterocycles. The first kappa shape index (κ1) is 19.3. The van der Waals surface area contributed by atoms with Gasteiger partial charge in [0.05, 0.1) is 6.61 Å². The Balaban J connectivity index is 5.18. The molecule has 0 rings (SSSR count). The largest absolute Gasteiger partial charge is 0.455 e. The van der Waals surface area contributed by atoms with Gasteiger partial charge in [0, 0.05) is 24.2 Å². The zero-order valence-electron chi connectivity index (χ0n) is 12.2. The number of rotatable bonds is 9. The number of aliphatic hydroxyl groups excluding tert-OH is 3. The molecule has 0 fully saturated rings. The van der Waals surface area contributed by atoms with Gasteiger partial charge in [-0.15, -0.1) is 0 Å². The lowest BCUT2D eigenvalue weighted by molar-refractivity contribution is -0.176. The van der Waals surface area contributed by atoms with Gasteiger partial charge in [-0.25, -0.2) is 9.59 Å². The number of carbonyl (C=O) groups excluding carboxylic acids is 2. The van der Waals surface area contributed by atoms with Crippen molar-refractivity contribution in [2.45, 2.75) is 38.6 Å². The molecule has 0 bridgehead atoms. The van der Waals surface area contributed by atoms with Crippen molar-refractivity contribution in [2.75, 3.05) is 13.2 Å². The molecule has 0 saturated heterocycles. The van der Waals surface area contributed by atoms with E-state index in [9.17, 15) is 14.7 Å². The van der Waals surface area contributed by atoms with E-state index in [0.717, 1.165) is 0 Å². The Hall–Kier alpha value is -1.70. The molecule has 7 nitrogen and oxygen atoms in total. The number of esters is 2. The van der Waals surface area contributed by atoms with E-state index >= 15 is 0 Å². The van der Waals surface area contributed by atoms with Crippen molar-refractivity contribution >= 4 is 11.9 Å². The maximum atomic E-state index is 11.6. The van der Waals surface area contributed by atoms with Gasteiger partial charge in [0.15, 0.2) is 6.10 Å². The molecule has 7 heteroatoms. The number of carbonyl (C=O) groups is 2. The molecule has 0 spiro atoms. The van der Waals surface area contributed by atoms with Crippen molar-refractivity contribution in [1.82, 2.24) is 0 Å². The van der Waals surface area contributed by atoms with Crippen molar-refractivity contribution < 1.29 is 34.4 Å². The SMILES string of the molecule is C=C(C)C(=O)OC(CCO)C(OC(=O)C(=C)C)C(O)CO. The number of hydrogen-bond acceptors (Lipinski definition) is 7. The van der Waals surface area contributed by atoms with Crippen LogP contribution < -0.4 is 0 Å². The molecule has 3 N–H and O–H groups in total. The normalized spacial score (nSPS) is 14.7. The quantitative estimate of drug-likeness (QED) is 0.396. The minimum atomic E-state index is -1.47. The first-order valence-electron chi connectivity index (χ1n) is 6.37. The molecule has 0 aromatic carbocycles. The molecular weight excluding hydrogens is 280 g/mol. The lowest BCUT2D eigenvalue weighted by Gasteiger charge is -2.29. The van der Waals surface area contributed by atoms with Crippen LogP contribution in [0.3, 0.4) is 0 Å². The second kappa shape index (κ2) is 9.28. The summed E-state index contributed by atoms with van der Waals surface area (Å²) in [5, 5.41) is 27.8. The lowest BCUT2D eigenvalue weighted by atomic mass is 10.1. The van der Waals surface area contributed by atoms with Crippen LogP contribution in [0, 0.1) is 0 Å². The summed E-state index contributed by atoms with van der Waals surface area (Å²) in [5.74, 6) is -1.56. The third kappa shape index (κ3) is 6.52. The van der Waals surface area contributed by atoms with Crippen LogP contribution in [0.2, 0.25) is 0 Å². The van der Waals surface area contributed by atoms with E-state index in [1.54, 1.807) is 0 Å². The Morgan fingerprint density at radius 2 is 1.52 bits per heavy atom. The van der Waals surface area contributed by atoms with Gasteiger partial charge in [-0.1, -0.05) is 13.2 Å². The Labute approximate surface area is 123 Å². The highest BCUT2D eigenvalue weighted by Gasteiger charge is 2.34. The predicted molar refractivity (Wildman–Crippen MR) is 74.2 cm³/mol. The fourth-order valence-corrected chi connectivity index (χ4v) is 1.39. The fraction of sp³-hybridized carbons (Fsp3) is 0.571. The van der Waals surface area contributed by atoms with Crippen LogP contribution in [0.15, 0.2) is 24.3 Å². The first-order valence-corrected chi connectivity index (χ1v) is 6.37. The van der Waals surface area contributed by atoms with Gasteiger partial charge in [-0.2, -0.15) is 0 Å². The highest BCUT2D eigenvalue weighted by molar-refractivity contribution is 5.88. The zero-order chi connectivity index (χ0) is 16.6. The van der Waals surface area contributed by atoms with Gasteiger partial charge in [-0.05, 0) is 13.8 Å². The second-order valence-electron chi connectivity index (χ2n) is 4.64. The summed E-state index contributed by atoms with van der Waals surface area (Å²) in [4.78, 5) is 23.1. The van der Waals surface area contributed by atoms with Crippen LogP contribution in [0.25, 0.3) is 0 Å². The maximum Gasteiger partial charge on any atom is 0.333 e.